The second-order valence-corrected chi connectivity index (χ2v) is 10.4. The number of anilines is 1. The second kappa shape index (κ2) is 11.2. The fraction of sp³-hybridized carbons (Fsp3) is 0.138. The molecule has 184 valence electrons. The molecule has 0 aliphatic carbocycles. The Hall–Kier alpha value is -3.97. The lowest BCUT2D eigenvalue weighted by Gasteiger charge is -2.25. The second-order valence-electron chi connectivity index (χ2n) is 8.54. The van der Waals surface area contributed by atoms with Crippen molar-refractivity contribution in [1.29, 1.82) is 0 Å². The van der Waals surface area contributed by atoms with Gasteiger partial charge >= 0.3 is 0 Å². The minimum absolute atomic E-state index is 0.146. The summed E-state index contributed by atoms with van der Waals surface area (Å²) in [5, 5.41) is 0. The Morgan fingerprint density at radius 3 is 1.69 bits per heavy atom. The summed E-state index contributed by atoms with van der Waals surface area (Å²) in [6.45, 7) is 0.713. The molecule has 1 amide bonds. The zero-order chi connectivity index (χ0) is 25.5. The van der Waals surface area contributed by atoms with Crippen LogP contribution in [-0.4, -0.2) is 25.5 Å². The summed E-state index contributed by atoms with van der Waals surface area (Å²) in [7, 11) is -3.69. The van der Waals surface area contributed by atoms with Gasteiger partial charge in [0.15, 0.2) is 0 Å². The van der Waals surface area contributed by atoms with E-state index in [4.69, 9.17) is 0 Å². The SMILES string of the molecule is CS(=O)(=O)N(Cc1ccccc1F)c1ccc(C(=O)N(Cc2ccccc2)Cc2ccccc2)cc1. The molecule has 0 unspecified atom stereocenters. The van der Waals surface area contributed by atoms with Crippen molar-refractivity contribution in [3.8, 4) is 0 Å². The van der Waals surface area contributed by atoms with Crippen molar-refractivity contribution >= 4 is 21.6 Å². The molecule has 0 aliphatic rings. The molecule has 0 spiro atoms. The molecular weight excluding hydrogens is 475 g/mol. The standard InChI is InChI=1S/C29H27FN2O3S/c1-36(34,35)32(22-26-14-8-9-15-28(26)30)27-18-16-25(17-19-27)29(33)31(20-23-10-4-2-5-11-23)21-24-12-6-3-7-13-24/h2-19H,20-22H2,1H3. The van der Waals surface area contributed by atoms with E-state index in [0.29, 0.717) is 24.3 Å². The molecule has 0 saturated heterocycles. The Morgan fingerprint density at radius 2 is 1.19 bits per heavy atom. The van der Waals surface area contributed by atoms with E-state index in [-0.39, 0.29) is 18.0 Å². The first-order chi connectivity index (χ1) is 17.3. The molecule has 0 radical (unpaired) electrons. The average molecular weight is 503 g/mol. The fourth-order valence-electron chi connectivity index (χ4n) is 3.94. The van der Waals surface area contributed by atoms with E-state index < -0.39 is 15.8 Å². The lowest BCUT2D eigenvalue weighted by atomic mass is 10.1. The van der Waals surface area contributed by atoms with Crippen LogP contribution >= 0.6 is 0 Å². The van der Waals surface area contributed by atoms with E-state index in [0.717, 1.165) is 21.7 Å². The highest BCUT2D eigenvalue weighted by Gasteiger charge is 2.21. The normalized spacial score (nSPS) is 11.2. The maximum Gasteiger partial charge on any atom is 0.254 e. The van der Waals surface area contributed by atoms with Gasteiger partial charge in [0, 0.05) is 24.2 Å². The monoisotopic (exact) mass is 502 g/mol. The van der Waals surface area contributed by atoms with E-state index in [1.807, 2.05) is 60.7 Å². The van der Waals surface area contributed by atoms with Gasteiger partial charge in [0.05, 0.1) is 18.5 Å². The third-order valence-electron chi connectivity index (χ3n) is 5.79. The smallest absolute Gasteiger partial charge is 0.254 e. The van der Waals surface area contributed by atoms with Crippen molar-refractivity contribution in [3.63, 3.8) is 0 Å². The molecule has 4 aromatic rings. The van der Waals surface area contributed by atoms with Crippen LogP contribution in [0, 0.1) is 5.82 Å². The van der Waals surface area contributed by atoms with E-state index in [2.05, 4.69) is 0 Å². The molecule has 0 N–H and O–H groups in total. The van der Waals surface area contributed by atoms with Crippen LogP contribution in [0.5, 0.6) is 0 Å². The summed E-state index contributed by atoms with van der Waals surface area (Å²) >= 11 is 0. The van der Waals surface area contributed by atoms with Crippen LogP contribution in [0.3, 0.4) is 0 Å². The van der Waals surface area contributed by atoms with E-state index in [1.165, 1.54) is 6.07 Å². The molecule has 4 rings (SSSR count). The predicted molar refractivity (Wildman–Crippen MR) is 140 cm³/mol. The third-order valence-corrected chi connectivity index (χ3v) is 6.93. The molecule has 0 heterocycles. The molecule has 0 aliphatic heterocycles. The molecular formula is C29H27FN2O3S. The number of rotatable bonds is 9. The maximum atomic E-state index is 14.2. The number of carbonyl (C=O) groups is 1. The van der Waals surface area contributed by atoms with Gasteiger partial charge in [0.25, 0.3) is 5.91 Å². The fourth-order valence-corrected chi connectivity index (χ4v) is 4.82. The number of nitrogens with zero attached hydrogens (tertiary/aromatic N) is 2. The highest BCUT2D eigenvalue weighted by Crippen LogP contribution is 2.23. The van der Waals surface area contributed by atoms with Crippen molar-refractivity contribution in [2.75, 3.05) is 10.6 Å². The van der Waals surface area contributed by atoms with Crippen LogP contribution in [0.2, 0.25) is 0 Å². The lowest BCUT2D eigenvalue weighted by molar-refractivity contribution is 0.0730. The summed E-state index contributed by atoms with van der Waals surface area (Å²) in [6, 6.07) is 31.9. The van der Waals surface area contributed by atoms with Crippen molar-refractivity contribution in [1.82, 2.24) is 4.90 Å². The summed E-state index contributed by atoms with van der Waals surface area (Å²) in [4.78, 5) is 15.3. The van der Waals surface area contributed by atoms with Crippen molar-refractivity contribution in [3.05, 3.63) is 137 Å². The van der Waals surface area contributed by atoms with Gasteiger partial charge in [-0.3, -0.25) is 9.10 Å². The quantitative estimate of drug-likeness (QED) is 0.298. The Bertz CT molecular complexity index is 1370. The number of halogens is 1. The number of hydrogen-bond acceptors (Lipinski definition) is 3. The van der Waals surface area contributed by atoms with Gasteiger partial charge in [-0.2, -0.15) is 0 Å². The zero-order valence-electron chi connectivity index (χ0n) is 19.9. The van der Waals surface area contributed by atoms with Crippen LogP contribution in [0.1, 0.15) is 27.0 Å². The van der Waals surface area contributed by atoms with Crippen LogP contribution < -0.4 is 4.31 Å². The number of sulfonamides is 1. The Balaban J connectivity index is 1.60. The molecule has 5 nitrogen and oxygen atoms in total. The highest BCUT2D eigenvalue weighted by molar-refractivity contribution is 7.92. The first-order valence-electron chi connectivity index (χ1n) is 11.5. The summed E-state index contributed by atoms with van der Waals surface area (Å²) in [5.41, 5.74) is 3.07. The van der Waals surface area contributed by atoms with E-state index in [9.17, 15) is 17.6 Å². The van der Waals surface area contributed by atoms with E-state index in [1.54, 1.807) is 47.4 Å². The summed E-state index contributed by atoms with van der Waals surface area (Å²) < 4.78 is 40.3. The molecule has 4 aromatic carbocycles. The first-order valence-corrected chi connectivity index (χ1v) is 13.3. The van der Waals surface area contributed by atoms with Gasteiger partial charge in [0.1, 0.15) is 5.82 Å². The van der Waals surface area contributed by atoms with E-state index >= 15 is 0 Å². The molecule has 0 aromatic heterocycles. The maximum absolute atomic E-state index is 14.2. The minimum atomic E-state index is -3.69. The summed E-state index contributed by atoms with van der Waals surface area (Å²) in [6.07, 6.45) is 1.08. The predicted octanol–water partition coefficient (Wildman–Crippen LogP) is 5.63. The third kappa shape index (κ3) is 6.37. The first kappa shape index (κ1) is 25.1. The minimum Gasteiger partial charge on any atom is -0.330 e. The van der Waals surface area contributed by atoms with Gasteiger partial charge in [0.2, 0.25) is 10.0 Å². The van der Waals surface area contributed by atoms with Crippen molar-refractivity contribution < 1.29 is 17.6 Å². The largest absolute Gasteiger partial charge is 0.330 e. The highest BCUT2D eigenvalue weighted by atomic mass is 32.2. The molecule has 36 heavy (non-hydrogen) atoms. The van der Waals surface area contributed by atoms with Crippen LogP contribution in [-0.2, 0) is 29.7 Å². The lowest BCUT2D eigenvalue weighted by Crippen LogP contribution is -2.31. The molecule has 7 heteroatoms. The number of amides is 1. The number of hydrogen-bond donors (Lipinski definition) is 0. The van der Waals surface area contributed by atoms with Crippen LogP contribution in [0.25, 0.3) is 0 Å². The Labute approximate surface area is 211 Å². The van der Waals surface area contributed by atoms with Crippen molar-refractivity contribution in [2.45, 2.75) is 19.6 Å². The molecule has 0 atom stereocenters. The van der Waals surface area contributed by atoms with Gasteiger partial charge in [-0.25, -0.2) is 12.8 Å². The van der Waals surface area contributed by atoms with Crippen LogP contribution in [0.4, 0.5) is 10.1 Å². The number of carbonyl (C=O) groups excluding carboxylic acids is 1. The Kier molecular flexibility index (Phi) is 7.80. The van der Waals surface area contributed by atoms with Crippen LogP contribution in [0.15, 0.2) is 109 Å². The average Bonchev–Trinajstić information content (AvgIpc) is 2.88. The van der Waals surface area contributed by atoms with Gasteiger partial charge in [-0.05, 0) is 41.5 Å². The summed E-state index contributed by atoms with van der Waals surface area (Å²) in [5.74, 6) is -0.648. The zero-order valence-corrected chi connectivity index (χ0v) is 20.7. The van der Waals surface area contributed by atoms with Gasteiger partial charge < -0.3 is 4.90 Å². The van der Waals surface area contributed by atoms with Crippen molar-refractivity contribution in [2.24, 2.45) is 0 Å². The molecule has 0 bridgehead atoms. The van der Waals surface area contributed by atoms with Gasteiger partial charge in [-0.15, -0.1) is 0 Å². The topological polar surface area (TPSA) is 57.7 Å². The number of benzene rings is 4. The Morgan fingerprint density at radius 1 is 0.694 bits per heavy atom. The van der Waals surface area contributed by atoms with Gasteiger partial charge in [-0.1, -0.05) is 78.9 Å². The molecule has 0 saturated carbocycles. The molecule has 0 fully saturated rings.